The lowest BCUT2D eigenvalue weighted by atomic mass is 10.1. The molecular formula is C12H12F3NO. The second kappa shape index (κ2) is 4.41. The van der Waals surface area contributed by atoms with E-state index in [4.69, 9.17) is 10.2 Å². The number of para-hydroxylation sites is 1. The molecule has 2 rings (SSSR count). The van der Waals surface area contributed by atoms with Gasteiger partial charge in [-0.15, -0.1) is 0 Å². The predicted molar refractivity (Wildman–Crippen MR) is 58.4 cm³/mol. The Balaban J connectivity index is 2.11. The van der Waals surface area contributed by atoms with Crippen LogP contribution >= 0.6 is 0 Å². The predicted octanol–water partition coefficient (Wildman–Crippen LogP) is 3.78. The van der Waals surface area contributed by atoms with Crippen LogP contribution in [0.4, 0.5) is 13.2 Å². The summed E-state index contributed by atoms with van der Waals surface area (Å²) in [6.45, 7) is 0. The van der Waals surface area contributed by atoms with Gasteiger partial charge in [0, 0.05) is 11.8 Å². The van der Waals surface area contributed by atoms with E-state index in [1.54, 1.807) is 18.2 Å². The van der Waals surface area contributed by atoms with E-state index in [0.29, 0.717) is 11.3 Å². The molecule has 1 unspecified atom stereocenters. The number of rotatable bonds is 3. The number of furan rings is 1. The van der Waals surface area contributed by atoms with E-state index >= 15 is 0 Å². The van der Waals surface area contributed by atoms with Crippen molar-refractivity contribution in [3.63, 3.8) is 0 Å². The summed E-state index contributed by atoms with van der Waals surface area (Å²) in [4.78, 5) is 0. The first-order chi connectivity index (χ1) is 7.96. The van der Waals surface area contributed by atoms with Crippen molar-refractivity contribution >= 4 is 11.0 Å². The molecule has 92 valence electrons. The molecule has 0 saturated heterocycles. The molecule has 17 heavy (non-hydrogen) atoms. The minimum absolute atomic E-state index is 0.163. The van der Waals surface area contributed by atoms with Gasteiger partial charge in [-0.1, -0.05) is 18.2 Å². The first-order valence-corrected chi connectivity index (χ1v) is 5.26. The Morgan fingerprint density at radius 2 is 1.94 bits per heavy atom. The van der Waals surface area contributed by atoms with E-state index in [-0.39, 0.29) is 6.42 Å². The topological polar surface area (TPSA) is 39.2 Å². The second-order valence-corrected chi connectivity index (χ2v) is 3.95. The summed E-state index contributed by atoms with van der Waals surface area (Å²) in [7, 11) is 0. The lowest BCUT2D eigenvalue weighted by Gasteiger charge is -2.10. The molecule has 1 aromatic heterocycles. The lowest BCUT2D eigenvalue weighted by Crippen LogP contribution is -2.15. The van der Waals surface area contributed by atoms with Gasteiger partial charge in [0.25, 0.3) is 0 Å². The van der Waals surface area contributed by atoms with Gasteiger partial charge in [-0.2, -0.15) is 13.2 Å². The zero-order valence-corrected chi connectivity index (χ0v) is 9.00. The van der Waals surface area contributed by atoms with Crippen LogP contribution in [0, 0.1) is 0 Å². The van der Waals surface area contributed by atoms with E-state index < -0.39 is 18.6 Å². The Kier molecular flexibility index (Phi) is 3.11. The summed E-state index contributed by atoms with van der Waals surface area (Å²) < 4.78 is 41.6. The first-order valence-electron chi connectivity index (χ1n) is 5.26. The molecule has 0 saturated carbocycles. The quantitative estimate of drug-likeness (QED) is 0.891. The fraction of sp³-hybridized carbons (Fsp3) is 0.333. The van der Waals surface area contributed by atoms with E-state index in [1.807, 2.05) is 12.1 Å². The van der Waals surface area contributed by atoms with Crippen molar-refractivity contribution in [2.45, 2.75) is 25.1 Å². The molecule has 0 spiro atoms. The number of benzene rings is 1. The van der Waals surface area contributed by atoms with E-state index in [0.717, 1.165) is 5.39 Å². The van der Waals surface area contributed by atoms with E-state index in [9.17, 15) is 13.2 Å². The molecule has 1 heterocycles. The molecule has 0 bridgehead atoms. The average Bonchev–Trinajstić information content (AvgIpc) is 2.68. The maximum atomic E-state index is 12.1. The molecule has 2 nitrogen and oxygen atoms in total. The van der Waals surface area contributed by atoms with Crippen molar-refractivity contribution in [1.29, 1.82) is 0 Å². The summed E-state index contributed by atoms with van der Waals surface area (Å²) in [5.74, 6) is 0.399. The number of hydrogen-bond acceptors (Lipinski definition) is 2. The summed E-state index contributed by atoms with van der Waals surface area (Å²) in [6, 6.07) is 8.20. The van der Waals surface area contributed by atoms with Gasteiger partial charge < -0.3 is 10.2 Å². The highest BCUT2D eigenvalue weighted by Gasteiger charge is 2.28. The SMILES string of the molecule is NC(CCC(F)(F)F)c1cc2ccccc2o1. The maximum absolute atomic E-state index is 12.1. The Morgan fingerprint density at radius 1 is 1.24 bits per heavy atom. The average molecular weight is 243 g/mol. The van der Waals surface area contributed by atoms with Crippen molar-refractivity contribution in [1.82, 2.24) is 0 Å². The number of hydrogen-bond donors (Lipinski definition) is 1. The zero-order valence-electron chi connectivity index (χ0n) is 9.00. The molecule has 0 aliphatic carbocycles. The van der Waals surface area contributed by atoms with Crippen LogP contribution < -0.4 is 5.73 Å². The summed E-state index contributed by atoms with van der Waals surface area (Å²) in [6.07, 6.45) is -5.24. The van der Waals surface area contributed by atoms with Crippen LogP contribution in [0.3, 0.4) is 0 Å². The van der Waals surface area contributed by atoms with Crippen LogP contribution in [0.1, 0.15) is 24.6 Å². The van der Waals surface area contributed by atoms with E-state index in [1.165, 1.54) is 0 Å². The Bertz CT molecular complexity index is 471. The number of alkyl halides is 3. The molecule has 2 aromatic rings. The molecule has 2 N–H and O–H groups in total. The Morgan fingerprint density at radius 3 is 2.59 bits per heavy atom. The van der Waals surface area contributed by atoms with Crippen LogP contribution in [0.5, 0.6) is 0 Å². The minimum atomic E-state index is -4.18. The van der Waals surface area contributed by atoms with Crippen molar-refractivity contribution in [3.8, 4) is 0 Å². The lowest BCUT2D eigenvalue weighted by molar-refractivity contribution is -0.136. The molecule has 0 amide bonds. The number of fused-ring (bicyclic) bond motifs is 1. The molecule has 5 heteroatoms. The smallest absolute Gasteiger partial charge is 0.389 e. The number of nitrogens with two attached hydrogens (primary N) is 1. The van der Waals surface area contributed by atoms with Gasteiger partial charge in [0.15, 0.2) is 0 Å². The summed E-state index contributed by atoms with van der Waals surface area (Å²) >= 11 is 0. The van der Waals surface area contributed by atoms with Gasteiger partial charge in [0.2, 0.25) is 0 Å². The summed E-state index contributed by atoms with van der Waals surface area (Å²) in [5.41, 5.74) is 6.32. The minimum Gasteiger partial charge on any atom is -0.459 e. The van der Waals surface area contributed by atoms with Gasteiger partial charge >= 0.3 is 6.18 Å². The maximum Gasteiger partial charge on any atom is 0.389 e. The van der Waals surface area contributed by atoms with Gasteiger partial charge in [0.05, 0.1) is 6.04 Å². The van der Waals surface area contributed by atoms with Crippen LogP contribution in [-0.4, -0.2) is 6.18 Å². The van der Waals surface area contributed by atoms with Crippen molar-refractivity contribution in [2.75, 3.05) is 0 Å². The van der Waals surface area contributed by atoms with Crippen LogP contribution in [0.15, 0.2) is 34.7 Å². The third-order valence-electron chi connectivity index (χ3n) is 2.55. The van der Waals surface area contributed by atoms with Crippen molar-refractivity contribution in [2.24, 2.45) is 5.73 Å². The molecule has 0 aliphatic rings. The standard InChI is InChI=1S/C12H12F3NO/c13-12(14,15)6-5-9(16)11-7-8-3-1-2-4-10(8)17-11/h1-4,7,9H,5-6,16H2. The van der Waals surface area contributed by atoms with E-state index in [2.05, 4.69) is 0 Å². The Labute approximate surface area is 96.2 Å². The summed E-state index contributed by atoms with van der Waals surface area (Å²) in [5, 5.41) is 0.852. The van der Waals surface area contributed by atoms with Gasteiger partial charge in [0.1, 0.15) is 11.3 Å². The van der Waals surface area contributed by atoms with Crippen molar-refractivity contribution in [3.05, 3.63) is 36.1 Å². The molecular weight excluding hydrogens is 231 g/mol. The first kappa shape index (κ1) is 12.0. The highest BCUT2D eigenvalue weighted by molar-refractivity contribution is 5.77. The van der Waals surface area contributed by atoms with Gasteiger partial charge in [-0.3, -0.25) is 0 Å². The molecule has 0 radical (unpaired) electrons. The Hall–Kier alpha value is -1.49. The normalized spacial score (nSPS) is 14.1. The van der Waals surface area contributed by atoms with Gasteiger partial charge in [-0.05, 0) is 18.6 Å². The second-order valence-electron chi connectivity index (χ2n) is 3.95. The molecule has 1 aromatic carbocycles. The third kappa shape index (κ3) is 3.00. The largest absolute Gasteiger partial charge is 0.459 e. The number of halogens is 3. The van der Waals surface area contributed by atoms with Crippen molar-refractivity contribution < 1.29 is 17.6 Å². The highest BCUT2D eigenvalue weighted by Crippen LogP contribution is 2.29. The highest BCUT2D eigenvalue weighted by atomic mass is 19.4. The third-order valence-corrected chi connectivity index (χ3v) is 2.55. The fourth-order valence-electron chi connectivity index (χ4n) is 1.65. The van der Waals surface area contributed by atoms with Crippen LogP contribution in [0.25, 0.3) is 11.0 Å². The monoisotopic (exact) mass is 243 g/mol. The van der Waals surface area contributed by atoms with Crippen LogP contribution in [0.2, 0.25) is 0 Å². The molecule has 0 aliphatic heterocycles. The van der Waals surface area contributed by atoms with Crippen LogP contribution in [-0.2, 0) is 0 Å². The van der Waals surface area contributed by atoms with Gasteiger partial charge in [-0.25, -0.2) is 0 Å². The molecule has 0 fully saturated rings. The fourth-order valence-corrected chi connectivity index (χ4v) is 1.65. The zero-order chi connectivity index (χ0) is 12.5. The molecule has 1 atom stereocenters.